The van der Waals surface area contributed by atoms with Gasteiger partial charge in [0.2, 0.25) is 0 Å². The van der Waals surface area contributed by atoms with Gasteiger partial charge < -0.3 is 4.74 Å². The molecule has 1 heterocycles. The predicted octanol–water partition coefficient (Wildman–Crippen LogP) is 2.92. The number of rotatable bonds is 1. The number of carbonyl (C=O) groups is 1. The zero-order valence-corrected chi connectivity index (χ0v) is 9.91. The molecule has 84 valence electrons. The van der Waals surface area contributed by atoms with Gasteiger partial charge in [-0.3, -0.25) is 0 Å². The SMILES string of the molecule is CC(C)(C)c1ccc(C2=CC(=O)OC2)cc1. The Balaban J connectivity index is 2.27. The standard InChI is InChI=1S/C14H16O2/c1-14(2,3)12-6-4-10(5-7-12)11-8-13(15)16-9-11/h4-8H,9H2,1-3H3. The topological polar surface area (TPSA) is 26.3 Å². The van der Waals surface area contributed by atoms with Crippen molar-refractivity contribution in [2.24, 2.45) is 0 Å². The molecule has 1 aliphatic heterocycles. The van der Waals surface area contributed by atoms with Gasteiger partial charge in [-0.05, 0) is 16.5 Å². The largest absolute Gasteiger partial charge is 0.458 e. The maximum Gasteiger partial charge on any atom is 0.331 e. The molecular weight excluding hydrogens is 200 g/mol. The lowest BCUT2D eigenvalue weighted by molar-refractivity contribution is -0.134. The Morgan fingerprint density at radius 2 is 1.75 bits per heavy atom. The molecular formula is C14H16O2. The second kappa shape index (κ2) is 3.78. The van der Waals surface area contributed by atoms with Crippen LogP contribution in [0.1, 0.15) is 31.9 Å². The lowest BCUT2D eigenvalue weighted by Gasteiger charge is -2.19. The number of benzene rings is 1. The molecule has 0 fully saturated rings. The summed E-state index contributed by atoms with van der Waals surface area (Å²) in [5, 5.41) is 0. The highest BCUT2D eigenvalue weighted by Gasteiger charge is 2.16. The van der Waals surface area contributed by atoms with Gasteiger partial charge in [0.15, 0.2) is 0 Å². The van der Waals surface area contributed by atoms with Crippen molar-refractivity contribution in [2.45, 2.75) is 26.2 Å². The van der Waals surface area contributed by atoms with Crippen LogP contribution in [0.5, 0.6) is 0 Å². The first-order valence-electron chi connectivity index (χ1n) is 5.45. The van der Waals surface area contributed by atoms with Crippen molar-refractivity contribution >= 4 is 11.5 Å². The number of esters is 1. The van der Waals surface area contributed by atoms with Crippen molar-refractivity contribution in [3.8, 4) is 0 Å². The molecule has 2 nitrogen and oxygen atoms in total. The molecule has 0 amide bonds. The summed E-state index contributed by atoms with van der Waals surface area (Å²) in [7, 11) is 0. The lowest BCUT2D eigenvalue weighted by atomic mass is 9.86. The van der Waals surface area contributed by atoms with Crippen LogP contribution in [0.2, 0.25) is 0 Å². The Morgan fingerprint density at radius 3 is 2.19 bits per heavy atom. The van der Waals surface area contributed by atoms with E-state index in [0.717, 1.165) is 11.1 Å². The van der Waals surface area contributed by atoms with Gasteiger partial charge in [-0.25, -0.2) is 4.79 Å². The molecule has 1 aromatic rings. The number of cyclic esters (lactones) is 1. The van der Waals surface area contributed by atoms with Gasteiger partial charge in [0.25, 0.3) is 0 Å². The van der Waals surface area contributed by atoms with E-state index in [1.165, 1.54) is 5.56 Å². The van der Waals surface area contributed by atoms with Crippen molar-refractivity contribution in [1.82, 2.24) is 0 Å². The monoisotopic (exact) mass is 216 g/mol. The van der Waals surface area contributed by atoms with E-state index in [-0.39, 0.29) is 11.4 Å². The van der Waals surface area contributed by atoms with E-state index in [4.69, 9.17) is 4.74 Å². The highest BCUT2D eigenvalue weighted by Crippen LogP contribution is 2.25. The molecule has 16 heavy (non-hydrogen) atoms. The van der Waals surface area contributed by atoms with Crippen LogP contribution in [-0.4, -0.2) is 12.6 Å². The van der Waals surface area contributed by atoms with Crippen molar-refractivity contribution < 1.29 is 9.53 Å². The molecule has 0 aliphatic carbocycles. The van der Waals surface area contributed by atoms with E-state index in [0.29, 0.717) is 6.61 Å². The van der Waals surface area contributed by atoms with E-state index in [9.17, 15) is 4.79 Å². The first-order valence-corrected chi connectivity index (χ1v) is 5.45. The fraction of sp³-hybridized carbons (Fsp3) is 0.357. The van der Waals surface area contributed by atoms with Crippen LogP contribution in [-0.2, 0) is 14.9 Å². The minimum atomic E-state index is -0.241. The van der Waals surface area contributed by atoms with Crippen molar-refractivity contribution in [3.05, 3.63) is 41.5 Å². The third-order valence-corrected chi connectivity index (χ3v) is 2.78. The van der Waals surface area contributed by atoms with Crippen LogP contribution >= 0.6 is 0 Å². The molecule has 0 radical (unpaired) electrons. The summed E-state index contributed by atoms with van der Waals surface area (Å²) in [4.78, 5) is 11.0. The Morgan fingerprint density at radius 1 is 1.12 bits per heavy atom. The van der Waals surface area contributed by atoms with E-state index in [1.807, 2.05) is 12.1 Å². The maximum atomic E-state index is 11.0. The van der Waals surface area contributed by atoms with Crippen molar-refractivity contribution in [3.63, 3.8) is 0 Å². The van der Waals surface area contributed by atoms with Crippen LogP contribution in [0.4, 0.5) is 0 Å². The average molecular weight is 216 g/mol. The van der Waals surface area contributed by atoms with E-state index in [2.05, 4.69) is 32.9 Å². The molecule has 2 heteroatoms. The molecule has 0 aromatic heterocycles. The zero-order chi connectivity index (χ0) is 11.8. The number of hydrogen-bond donors (Lipinski definition) is 0. The quantitative estimate of drug-likeness (QED) is 0.675. The van der Waals surface area contributed by atoms with Gasteiger partial charge in [-0.2, -0.15) is 0 Å². The van der Waals surface area contributed by atoms with Gasteiger partial charge in [-0.15, -0.1) is 0 Å². The summed E-state index contributed by atoms with van der Waals surface area (Å²) < 4.78 is 4.89. The van der Waals surface area contributed by atoms with Crippen LogP contribution in [0, 0.1) is 0 Å². The van der Waals surface area contributed by atoms with Crippen LogP contribution < -0.4 is 0 Å². The fourth-order valence-corrected chi connectivity index (χ4v) is 1.73. The molecule has 0 N–H and O–H groups in total. The molecule has 0 atom stereocenters. The van der Waals surface area contributed by atoms with Crippen molar-refractivity contribution in [1.29, 1.82) is 0 Å². The van der Waals surface area contributed by atoms with Crippen LogP contribution in [0.3, 0.4) is 0 Å². The minimum absolute atomic E-state index is 0.162. The summed E-state index contributed by atoms with van der Waals surface area (Å²) in [5.41, 5.74) is 3.49. The third-order valence-electron chi connectivity index (χ3n) is 2.78. The summed E-state index contributed by atoms with van der Waals surface area (Å²) in [6, 6.07) is 8.32. The highest BCUT2D eigenvalue weighted by molar-refractivity contribution is 5.95. The van der Waals surface area contributed by atoms with Gasteiger partial charge in [0.1, 0.15) is 6.61 Å². The zero-order valence-electron chi connectivity index (χ0n) is 9.91. The number of hydrogen-bond acceptors (Lipinski definition) is 2. The lowest BCUT2D eigenvalue weighted by Crippen LogP contribution is -2.10. The fourth-order valence-electron chi connectivity index (χ4n) is 1.73. The third kappa shape index (κ3) is 2.16. The predicted molar refractivity (Wildman–Crippen MR) is 64.1 cm³/mol. The maximum absolute atomic E-state index is 11.0. The second-order valence-electron chi connectivity index (χ2n) is 5.10. The summed E-state index contributed by atoms with van der Waals surface area (Å²) in [6.45, 7) is 6.95. The smallest absolute Gasteiger partial charge is 0.331 e. The van der Waals surface area contributed by atoms with Crippen LogP contribution in [0.25, 0.3) is 5.57 Å². The van der Waals surface area contributed by atoms with Gasteiger partial charge in [0.05, 0.1) is 0 Å². The normalized spacial score (nSPS) is 15.9. The minimum Gasteiger partial charge on any atom is -0.458 e. The van der Waals surface area contributed by atoms with Crippen LogP contribution in [0.15, 0.2) is 30.3 Å². The molecule has 0 saturated heterocycles. The Hall–Kier alpha value is -1.57. The van der Waals surface area contributed by atoms with E-state index < -0.39 is 0 Å². The molecule has 2 rings (SSSR count). The first-order chi connectivity index (χ1) is 7.47. The molecule has 0 saturated carbocycles. The summed E-state index contributed by atoms with van der Waals surface area (Å²) in [5.74, 6) is -0.241. The van der Waals surface area contributed by atoms with E-state index in [1.54, 1.807) is 6.08 Å². The molecule has 0 bridgehead atoms. The summed E-state index contributed by atoms with van der Waals surface area (Å²) >= 11 is 0. The Labute approximate surface area is 95.9 Å². The van der Waals surface area contributed by atoms with Gasteiger partial charge in [-0.1, -0.05) is 45.0 Å². The number of carbonyl (C=O) groups excluding carboxylic acids is 1. The van der Waals surface area contributed by atoms with E-state index >= 15 is 0 Å². The molecule has 1 aliphatic rings. The molecule has 0 spiro atoms. The van der Waals surface area contributed by atoms with Gasteiger partial charge >= 0.3 is 5.97 Å². The summed E-state index contributed by atoms with van der Waals surface area (Å²) in [6.07, 6.45) is 1.56. The van der Waals surface area contributed by atoms with Crippen molar-refractivity contribution in [2.75, 3.05) is 6.61 Å². The second-order valence-corrected chi connectivity index (χ2v) is 5.10. The molecule has 1 aromatic carbocycles. The Bertz CT molecular complexity index is 433. The molecule has 0 unspecified atom stereocenters. The Kier molecular flexibility index (Phi) is 2.58. The number of ether oxygens (including phenoxy) is 1. The first kappa shape index (κ1) is 10.9. The average Bonchev–Trinajstić information content (AvgIpc) is 2.64. The highest BCUT2D eigenvalue weighted by atomic mass is 16.5. The van der Waals surface area contributed by atoms with Gasteiger partial charge in [0, 0.05) is 11.6 Å².